The lowest BCUT2D eigenvalue weighted by Gasteiger charge is -2.08. The van der Waals surface area contributed by atoms with Gasteiger partial charge < -0.3 is 15.4 Å². The lowest BCUT2D eigenvalue weighted by molar-refractivity contribution is -0.131. The number of nitrogens with one attached hydrogen (secondary N) is 2. The number of hydrogen-bond donors (Lipinski definition) is 2. The first-order valence-corrected chi connectivity index (χ1v) is 10.0. The Labute approximate surface area is 181 Å². The number of hydrogen-bond acceptors (Lipinski definition) is 4. The molecule has 6 nitrogen and oxygen atoms in total. The van der Waals surface area contributed by atoms with Gasteiger partial charge in [0, 0.05) is 31.1 Å². The first-order chi connectivity index (χ1) is 15.0. The van der Waals surface area contributed by atoms with E-state index < -0.39 is 5.97 Å². The molecular weight excluding hydrogens is 392 g/mol. The van der Waals surface area contributed by atoms with Crippen molar-refractivity contribution in [2.75, 3.05) is 13.1 Å². The summed E-state index contributed by atoms with van der Waals surface area (Å²) in [5.74, 6) is -0.537. The van der Waals surface area contributed by atoms with Gasteiger partial charge in [-0.1, -0.05) is 48.5 Å². The van der Waals surface area contributed by atoms with E-state index in [2.05, 4.69) is 10.6 Å². The summed E-state index contributed by atoms with van der Waals surface area (Å²) in [5.41, 5.74) is 3.15. The van der Waals surface area contributed by atoms with E-state index in [4.69, 9.17) is 4.74 Å². The molecule has 0 fully saturated rings. The van der Waals surface area contributed by atoms with Crippen molar-refractivity contribution in [3.05, 3.63) is 90.0 Å². The second-order valence-electron chi connectivity index (χ2n) is 6.93. The maximum absolute atomic E-state index is 12.3. The van der Waals surface area contributed by atoms with E-state index >= 15 is 0 Å². The molecule has 0 bridgehead atoms. The van der Waals surface area contributed by atoms with Crippen molar-refractivity contribution in [3.63, 3.8) is 0 Å². The maximum atomic E-state index is 12.3. The van der Waals surface area contributed by atoms with Crippen molar-refractivity contribution < 1.29 is 19.1 Å². The summed E-state index contributed by atoms with van der Waals surface area (Å²) in [6.45, 7) is 2.15. The first-order valence-electron chi connectivity index (χ1n) is 10.0. The average molecular weight is 416 g/mol. The van der Waals surface area contributed by atoms with E-state index in [1.807, 2.05) is 42.5 Å². The molecule has 0 aliphatic heterocycles. The van der Waals surface area contributed by atoms with Gasteiger partial charge in [-0.15, -0.1) is 0 Å². The molecule has 0 saturated heterocycles. The normalized spacial score (nSPS) is 10.2. The summed E-state index contributed by atoms with van der Waals surface area (Å²) in [5, 5.41) is 5.64. The second kappa shape index (κ2) is 10.7. The standard InChI is InChI=1S/C25H24N2O4/c1-18(28)31-23-10-5-9-22(17-23)25(30)27-16-6-15-26-24(29)21-13-11-20(12-14-21)19-7-3-2-4-8-19/h2-5,7-14,17H,6,15-16H2,1H3,(H,26,29)(H,27,30). The summed E-state index contributed by atoms with van der Waals surface area (Å²) >= 11 is 0. The summed E-state index contributed by atoms with van der Waals surface area (Å²) in [6.07, 6.45) is 0.587. The molecule has 2 N–H and O–H groups in total. The highest BCUT2D eigenvalue weighted by atomic mass is 16.5. The zero-order chi connectivity index (χ0) is 22.1. The number of rotatable bonds is 8. The zero-order valence-electron chi connectivity index (χ0n) is 17.3. The molecule has 158 valence electrons. The highest BCUT2D eigenvalue weighted by Crippen LogP contribution is 2.19. The van der Waals surface area contributed by atoms with Crippen LogP contribution in [0.3, 0.4) is 0 Å². The van der Waals surface area contributed by atoms with Gasteiger partial charge in [-0.05, 0) is 47.9 Å². The van der Waals surface area contributed by atoms with Gasteiger partial charge in [0.1, 0.15) is 5.75 Å². The monoisotopic (exact) mass is 416 g/mol. The molecule has 2 amide bonds. The minimum absolute atomic E-state index is 0.153. The highest BCUT2D eigenvalue weighted by molar-refractivity contribution is 5.95. The summed E-state index contributed by atoms with van der Waals surface area (Å²) in [4.78, 5) is 35.5. The van der Waals surface area contributed by atoms with Crippen LogP contribution in [0.15, 0.2) is 78.9 Å². The minimum atomic E-state index is -0.442. The first kappa shape index (κ1) is 21.8. The zero-order valence-corrected chi connectivity index (χ0v) is 17.3. The van der Waals surface area contributed by atoms with Gasteiger partial charge in [0.15, 0.2) is 0 Å². The lowest BCUT2D eigenvalue weighted by Crippen LogP contribution is -2.29. The van der Waals surface area contributed by atoms with Crippen molar-refractivity contribution in [2.24, 2.45) is 0 Å². The lowest BCUT2D eigenvalue weighted by atomic mass is 10.0. The molecule has 0 saturated carbocycles. The van der Waals surface area contributed by atoms with Crippen LogP contribution in [-0.4, -0.2) is 30.9 Å². The third-order valence-corrected chi connectivity index (χ3v) is 4.54. The van der Waals surface area contributed by atoms with Crippen LogP contribution in [0.25, 0.3) is 11.1 Å². The van der Waals surface area contributed by atoms with Gasteiger partial charge in [0.25, 0.3) is 11.8 Å². The minimum Gasteiger partial charge on any atom is -0.427 e. The van der Waals surface area contributed by atoms with Crippen molar-refractivity contribution in [2.45, 2.75) is 13.3 Å². The molecule has 3 aromatic rings. The topological polar surface area (TPSA) is 84.5 Å². The number of carbonyl (C=O) groups excluding carboxylic acids is 3. The summed E-state index contributed by atoms with van der Waals surface area (Å²) in [6, 6.07) is 23.8. The van der Waals surface area contributed by atoms with Crippen LogP contribution >= 0.6 is 0 Å². The molecular formula is C25H24N2O4. The fourth-order valence-corrected chi connectivity index (χ4v) is 3.01. The molecule has 0 heterocycles. The van der Waals surface area contributed by atoms with E-state index in [0.29, 0.717) is 36.4 Å². The van der Waals surface area contributed by atoms with E-state index in [0.717, 1.165) is 11.1 Å². The van der Waals surface area contributed by atoms with E-state index in [1.165, 1.54) is 13.0 Å². The Balaban J connectivity index is 1.41. The van der Waals surface area contributed by atoms with Crippen LogP contribution in [-0.2, 0) is 4.79 Å². The van der Waals surface area contributed by atoms with Gasteiger partial charge in [-0.25, -0.2) is 0 Å². The van der Waals surface area contributed by atoms with Gasteiger partial charge in [0.2, 0.25) is 0 Å². The third kappa shape index (κ3) is 6.54. The molecule has 0 unspecified atom stereocenters. The van der Waals surface area contributed by atoms with Crippen LogP contribution in [0.5, 0.6) is 5.75 Å². The molecule has 0 aromatic heterocycles. The van der Waals surface area contributed by atoms with Crippen LogP contribution in [0.4, 0.5) is 0 Å². The van der Waals surface area contributed by atoms with Gasteiger partial charge in [-0.2, -0.15) is 0 Å². The number of carbonyl (C=O) groups is 3. The second-order valence-corrected chi connectivity index (χ2v) is 6.93. The van der Waals surface area contributed by atoms with Gasteiger partial charge >= 0.3 is 5.97 Å². The molecule has 0 spiro atoms. The van der Waals surface area contributed by atoms with Crippen molar-refractivity contribution in [1.82, 2.24) is 10.6 Å². The van der Waals surface area contributed by atoms with Gasteiger partial charge in [0.05, 0.1) is 0 Å². The number of esters is 1. The maximum Gasteiger partial charge on any atom is 0.308 e. The molecule has 3 aromatic carbocycles. The number of amides is 2. The fourth-order valence-electron chi connectivity index (χ4n) is 3.01. The van der Waals surface area contributed by atoms with Crippen LogP contribution in [0, 0.1) is 0 Å². The summed E-state index contributed by atoms with van der Waals surface area (Å²) < 4.78 is 4.98. The quantitative estimate of drug-likeness (QED) is 0.332. The molecule has 0 aliphatic rings. The fraction of sp³-hybridized carbons (Fsp3) is 0.160. The molecule has 6 heteroatoms. The number of ether oxygens (including phenoxy) is 1. The van der Waals surface area contributed by atoms with Crippen LogP contribution in [0.2, 0.25) is 0 Å². The Kier molecular flexibility index (Phi) is 7.54. The Morgan fingerprint density at radius 1 is 0.710 bits per heavy atom. The van der Waals surface area contributed by atoms with E-state index in [9.17, 15) is 14.4 Å². The summed E-state index contributed by atoms with van der Waals surface area (Å²) in [7, 11) is 0. The van der Waals surface area contributed by atoms with Crippen LogP contribution < -0.4 is 15.4 Å². The third-order valence-electron chi connectivity index (χ3n) is 4.54. The molecule has 3 rings (SSSR count). The average Bonchev–Trinajstić information content (AvgIpc) is 2.79. The molecule has 0 aliphatic carbocycles. The predicted molar refractivity (Wildman–Crippen MR) is 119 cm³/mol. The van der Waals surface area contributed by atoms with Crippen LogP contribution in [0.1, 0.15) is 34.1 Å². The Bertz CT molecular complexity index is 1050. The van der Waals surface area contributed by atoms with E-state index in [1.54, 1.807) is 30.3 Å². The Hall–Kier alpha value is -3.93. The highest BCUT2D eigenvalue weighted by Gasteiger charge is 2.08. The van der Waals surface area contributed by atoms with Crippen molar-refractivity contribution in [1.29, 1.82) is 0 Å². The molecule has 0 atom stereocenters. The molecule has 0 radical (unpaired) electrons. The Morgan fingerprint density at radius 2 is 1.32 bits per heavy atom. The van der Waals surface area contributed by atoms with Crippen molar-refractivity contribution in [3.8, 4) is 16.9 Å². The largest absolute Gasteiger partial charge is 0.427 e. The Morgan fingerprint density at radius 3 is 1.97 bits per heavy atom. The van der Waals surface area contributed by atoms with E-state index in [-0.39, 0.29) is 11.8 Å². The number of benzene rings is 3. The molecule has 31 heavy (non-hydrogen) atoms. The predicted octanol–water partition coefficient (Wildman–Crippen LogP) is 3.83. The van der Waals surface area contributed by atoms with Gasteiger partial charge in [-0.3, -0.25) is 14.4 Å². The van der Waals surface area contributed by atoms with Crippen molar-refractivity contribution >= 4 is 17.8 Å². The smallest absolute Gasteiger partial charge is 0.308 e. The SMILES string of the molecule is CC(=O)Oc1cccc(C(=O)NCCCNC(=O)c2ccc(-c3ccccc3)cc2)c1.